The van der Waals surface area contributed by atoms with Crippen LogP contribution >= 0.6 is 0 Å². The number of alkyl halides is 3. The van der Waals surface area contributed by atoms with Crippen molar-refractivity contribution in [1.29, 1.82) is 0 Å². The minimum Gasteiger partial charge on any atom is -0.425 e. The van der Waals surface area contributed by atoms with Crippen LogP contribution < -0.4 is 4.74 Å². The Balaban J connectivity index is 2.27. The summed E-state index contributed by atoms with van der Waals surface area (Å²) in [4.78, 5) is 11.0. The van der Waals surface area contributed by atoms with E-state index in [1.807, 2.05) is 0 Å². The highest BCUT2D eigenvalue weighted by atomic mass is 19.4. The molecule has 0 aliphatic carbocycles. The lowest BCUT2D eigenvalue weighted by Crippen LogP contribution is -2.22. The average molecular weight is 234 g/mol. The van der Waals surface area contributed by atoms with E-state index in [0.29, 0.717) is 0 Å². The van der Waals surface area contributed by atoms with E-state index in [4.69, 9.17) is 4.74 Å². The number of carbonyl (C=O) groups is 1. The van der Waals surface area contributed by atoms with Gasteiger partial charge in [0, 0.05) is 0 Å². The summed E-state index contributed by atoms with van der Waals surface area (Å²) >= 11 is 0. The summed E-state index contributed by atoms with van der Waals surface area (Å²) in [6.07, 6.45) is -4.44. The van der Waals surface area contributed by atoms with Gasteiger partial charge in [0.15, 0.2) is 0 Å². The fourth-order valence-corrected chi connectivity index (χ4v) is 0.900. The van der Waals surface area contributed by atoms with Crippen LogP contribution in [0.25, 0.3) is 0 Å². The van der Waals surface area contributed by atoms with Crippen molar-refractivity contribution in [3.8, 4) is 5.75 Å². The number of rotatable bonds is 4. The number of para-hydroxylation sites is 1. The summed E-state index contributed by atoms with van der Waals surface area (Å²) in [5.41, 5.74) is 0. The lowest BCUT2D eigenvalue weighted by molar-refractivity contribution is -0.178. The van der Waals surface area contributed by atoms with Crippen molar-refractivity contribution >= 4 is 5.97 Å². The molecule has 0 aliphatic rings. The molecule has 0 bridgehead atoms. The molecule has 3 nitrogen and oxygen atoms in total. The highest BCUT2D eigenvalue weighted by Crippen LogP contribution is 2.14. The molecular weight excluding hydrogens is 225 g/mol. The van der Waals surface area contributed by atoms with Gasteiger partial charge in [0.2, 0.25) is 0 Å². The zero-order valence-electron chi connectivity index (χ0n) is 8.16. The number of hydrogen-bond donors (Lipinski definition) is 0. The van der Waals surface area contributed by atoms with E-state index in [2.05, 4.69) is 4.74 Å². The predicted molar refractivity (Wildman–Crippen MR) is 49.0 cm³/mol. The first-order chi connectivity index (χ1) is 7.47. The molecule has 0 heterocycles. The average Bonchev–Trinajstić information content (AvgIpc) is 2.17. The molecule has 1 aromatic rings. The zero-order chi connectivity index (χ0) is 12.0. The van der Waals surface area contributed by atoms with Crippen LogP contribution in [-0.4, -0.2) is 25.4 Å². The summed E-state index contributed by atoms with van der Waals surface area (Å²) in [7, 11) is 0. The molecule has 0 aliphatic heterocycles. The van der Waals surface area contributed by atoms with Crippen LogP contribution in [0.1, 0.15) is 0 Å². The van der Waals surface area contributed by atoms with E-state index in [1.165, 1.54) is 12.1 Å². The quantitative estimate of drug-likeness (QED) is 0.591. The van der Waals surface area contributed by atoms with Gasteiger partial charge in [-0.2, -0.15) is 13.2 Å². The van der Waals surface area contributed by atoms with Gasteiger partial charge >= 0.3 is 12.1 Å². The standard InChI is InChI=1S/C10H9F3O3/c11-10(12,13)7-15-6-9(14)16-8-4-2-1-3-5-8/h1-5H,6-7H2. The third-order valence-corrected chi connectivity index (χ3v) is 1.46. The van der Waals surface area contributed by atoms with Gasteiger partial charge in [0.25, 0.3) is 0 Å². The second-order valence-corrected chi connectivity index (χ2v) is 2.90. The molecule has 0 saturated carbocycles. The van der Waals surface area contributed by atoms with Gasteiger partial charge in [-0.15, -0.1) is 0 Å². The van der Waals surface area contributed by atoms with Crippen LogP contribution in [0.2, 0.25) is 0 Å². The van der Waals surface area contributed by atoms with Gasteiger partial charge in [-0.3, -0.25) is 0 Å². The number of esters is 1. The minimum atomic E-state index is -4.44. The molecule has 0 amide bonds. The Morgan fingerprint density at radius 3 is 2.38 bits per heavy atom. The summed E-state index contributed by atoms with van der Waals surface area (Å²) in [6.45, 7) is -2.19. The van der Waals surface area contributed by atoms with Crippen LogP contribution in [0.5, 0.6) is 5.75 Å². The van der Waals surface area contributed by atoms with E-state index in [-0.39, 0.29) is 5.75 Å². The molecule has 1 aromatic carbocycles. The van der Waals surface area contributed by atoms with E-state index in [1.54, 1.807) is 18.2 Å². The Morgan fingerprint density at radius 1 is 1.19 bits per heavy atom. The van der Waals surface area contributed by atoms with Crippen molar-refractivity contribution in [1.82, 2.24) is 0 Å². The molecular formula is C10H9F3O3. The topological polar surface area (TPSA) is 35.5 Å². The third-order valence-electron chi connectivity index (χ3n) is 1.46. The zero-order valence-corrected chi connectivity index (χ0v) is 8.16. The molecule has 0 saturated heterocycles. The molecule has 0 spiro atoms. The second-order valence-electron chi connectivity index (χ2n) is 2.90. The second kappa shape index (κ2) is 5.50. The summed E-state index contributed by atoms with van der Waals surface area (Å²) < 4.78 is 43.8. The fraction of sp³-hybridized carbons (Fsp3) is 0.300. The Morgan fingerprint density at radius 2 is 1.81 bits per heavy atom. The molecule has 0 radical (unpaired) electrons. The first-order valence-electron chi connectivity index (χ1n) is 4.37. The fourth-order valence-electron chi connectivity index (χ4n) is 0.900. The molecule has 6 heteroatoms. The Labute approximate surface area is 89.8 Å². The number of benzene rings is 1. The van der Waals surface area contributed by atoms with Crippen LogP contribution in [0.4, 0.5) is 13.2 Å². The van der Waals surface area contributed by atoms with Gasteiger partial charge in [0.1, 0.15) is 19.0 Å². The van der Waals surface area contributed by atoms with Crippen LogP contribution in [0.15, 0.2) is 30.3 Å². The van der Waals surface area contributed by atoms with Crippen molar-refractivity contribution < 1.29 is 27.4 Å². The number of ether oxygens (including phenoxy) is 2. The van der Waals surface area contributed by atoms with Gasteiger partial charge < -0.3 is 9.47 Å². The minimum absolute atomic E-state index is 0.267. The molecule has 0 unspecified atom stereocenters. The molecule has 88 valence electrons. The molecule has 0 atom stereocenters. The summed E-state index contributed by atoms with van der Waals surface area (Å²) in [5, 5.41) is 0. The van der Waals surface area contributed by atoms with Crippen molar-refractivity contribution in [3.63, 3.8) is 0 Å². The lowest BCUT2D eigenvalue weighted by Gasteiger charge is -2.07. The highest BCUT2D eigenvalue weighted by Gasteiger charge is 2.27. The lowest BCUT2D eigenvalue weighted by atomic mass is 10.3. The van der Waals surface area contributed by atoms with Crippen molar-refractivity contribution in [2.45, 2.75) is 6.18 Å². The van der Waals surface area contributed by atoms with Crippen molar-refractivity contribution in [3.05, 3.63) is 30.3 Å². The maximum Gasteiger partial charge on any atom is 0.411 e. The van der Waals surface area contributed by atoms with E-state index in [0.717, 1.165) is 0 Å². The van der Waals surface area contributed by atoms with Crippen LogP contribution in [0.3, 0.4) is 0 Å². The van der Waals surface area contributed by atoms with Gasteiger partial charge in [0.05, 0.1) is 0 Å². The molecule has 0 aromatic heterocycles. The van der Waals surface area contributed by atoms with Gasteiger partial charge in [-0.1, -0.05) is 18.2 Å². The Hall–Kier alpha value is -1.56. The maximum atomic E-state index is 11.7. The largest absolute Gasteiger partial charge is 0.425 e. The SMILES string of the molecule is O=C(COCC(F)(F)F)Oc1ccccc1. The Bertz CT molecular complexity index is 335. The van der Waals surface area contributed by atoms with Crippen LogP contribution in [0, 0.1) is 0 Å². The number of carbonyl (C=O) groups excluding carboxylic acids is 1. The van der Waals surface area contributed by atoms with Crippen LogP contribution in [-0.2, 0) is 9.53 Å². The van der Waals surface area contributed by atoms with E-state index < -0.39 is 25.4 Å². The molecule has 0 N–H and O–H groups in total. The Kier molecular flexibility index (Phi) is 4.30. The van der Waals surface area contributed by atoms with Gasteiger partial charge in [-0.25, -0.2) is 4.79 Å². The van der Waals surface area contributed by atoms with E-state index >= 15 is 0 Å². The molecule has 16 heavy (non-hydrogen) atoms. The van der Waals surface area contributed by atoms with Crippen molar-refractivity contribution in [2.24, 2.45) is 0 Å². The first-order valence-corrected chi connectivity index (χ1v) is 4.37. The van der Waals surface area contributed by atoms with Gasteiger partial charge in [-0.05, 0) is 12.1 Å². The normalized spacial score (nSPS) is 11.2. The highest BCUT2D eigenvalue weighted by molar-refractivity contribution is 5.73. The third kappa shape index (κ3) is 5.35. The van der Waals surface area contributed by atoms with E-state index in [9.17, 15) is 18.0 Å². The predicted octanol–water partition coefficient (Wildman–Crippen LogP) is 2.17. The smallest absolute Gasteiger partial charge is 0.411 e. The monoisotopic (exact) mass is 234 g/mol. The maximum absolute atomic E-state index is 11.7. The first kappa shape index (κ1) is 12.5. The summed E-state index contributed by atoms with van der Waals surface area (Å²) in [5.74, 6) is -0.599. The van der Waals surface area contributed by atoms with Crippen molar-refractivity contribution in [2.75, 3.05) is 13.2 Å². The molecule has 1 rings (SSSR count). The summed E-state index contributed by atoms with van der Waals surface area (Å²) in [6, 6.07) is 8.03. The number of halogens is 3. The molecule has 0 fully saturated rings. The number of hydrogen-bond acceptors (Lipinski definition) is 3.